The standard InChI is InChI=1S/C34H34IN5O8/c1-5-45-28-14-21(13-25(35)32(28)48-18-24-10-8-7-9-23(24)16-36)17-37-40-29(41)19-47-26-12-11-22(15-27(26)44-4)31-30(33(42)46-6-2)20(3)38-34(43)39-31/h7-15,17,31H,5-6,18-19H2,1-4H3,(H,40,41)(H2,38,39,43)/b37-17-/t31-/m1/s1. The molecule has 48 heavy (non-hydrogen) atoms. The number of halogens is 1. The van der Waals surface area contributed by atoms with Gasteiger partial charge < -0.3 is 34.3 Å². The molecule has 14 heteroatoms. The van der Waals surface area contributed by atoms with E-state index in [-0.39, 0.29) is 36.9 Å². The molecule has 1 heterocycles. The van der Waals surface area contributed by atoms with Crippen LogP contribution in [0.2, 0.25) is 0 Å². The molecule has 3 aromatic rings. The summed E-state index contributed by atoms with van der Waals surface area (Å²) >= 11 is 2.13. The molecule has 1 aliphatic rings. The summed E-state index contributed by atoms with van der Waals surface area (Å²) in [6.45, 7) is 5.57. The molecule has 0 unspecified atom stereocenters. The third-order valence-electron chi connectivity index (χ3n) is 6.89. The molecule has 0 bridgehead atoms. The minimum absolute atomic E-state index is 0.175. The van der Waals surface area contributed by atoms with Gasteiger partial charge in [0, 0.05) is 11.3 Å². The average molecular weight is 768 g/mol. The predicted octanol–water partition coefficient (Wildman–Crippen LogP) is 4.87. The summed E-state index contributed by atoms with van der Waals surface area (Å²) in [5.74, 6) is 0.495. The van der Waals surface area contributed by atoms with Gasteiger partial charge in [0.2, 0.25) is 0 Å². The molecule has 0 saturated carbocycles. The SMILES string of the molecule is CCOC(=O)C1=C(C)NC(=O)N[C@@H]1c1ccc(OCC(=O)N/N=C\c2cc(I)c(OCc3ccccc3C#N)c(OCC)c2)c(OC)c1. The first-order valence-corrected chi connectivity index (χ1v) is 15.9. The quantitative estimate of drug-likeness (QED) is 0.0897. The summed E-state index contributed by atoms with van der Waals surface area (Å²) in [4.78, 5) is 37.4. The number of carbonyl (C=O) groups is 3. The maximum absolute atomic E-state index is 12.6. The number of rotatable bonds is 14. The molecule has 3 amide bonds. The highest BCUT2D eigenvalue weighted by Crippen LogP contribution is 2.36. The smallest absolute Gasteiger partial charge is 0.338 e. The van der Waals surface area contributed by atoms with E-state index in [0.717, 1.165) is 9.13 Å². The van der Waals surface area contributed by atoms with Gasteiger partial charge in [0.25, 0.3) is 5.91 Å². The van der Waals surface area contributed by atoms with E-state index < -0.39 is 23.9 Å². The number of ether oxygens (including phenoxy) is 5. The van der Waals surface area contributed by atoms with Crippen molar-refractivity contribution in [3.8, 4) is 29.1 Å². The van der Waals surface area contributed by atoms with Crippen LogP contribution < -0.4 is 35.0 Å². The highest BCUT2D eigenvalue weighted by molar-refractivity contribution is 14.1. The second kappa shape index (κ2) is 17.0. The number of benzene rings is 3. The summed E-state index contributed by atoms with van der Waals surface area (Å²) in [5.41, 5.74) is 5.57. The lowest BCUT2D eigenvalue weighted by Crippen LogP contribution is -2.45. The molecule has 0 radical (unpaired) electrons. The molecular weight excluding hydrogens is 733 g/mol. The van der Waals surface area contributed by atoms with E-state index in [1.54, 1.807) is 50.2 Å². The van der Waals surface area contributed by atoms with Crippen LogP contribution in [0.15, 0.2) is 71.0 Å². The fourth-order valence-electron chi connectivity index (χ4n) is 4.73. The Morgan fingerprint density at radius 2 is 1.83 bits per heavy atom. The van der Waals surface area contributed by atoms with Crippen molar-refractivity contribution in [3.05, 3.63) is 91.7 Å². The van der Waals surface area contributed by atoms with Crippen molar-refractivity contribution in [1.29, 1.82) is 5.26 Å². The number of hydrazone groups is 1. The van der Waals surface area contributed by atoms with Gasteiger partial charge in [0.1, 0.15) is 6.61 Å². The highest BCUT2D eigenvalue weighted by atomic mass is 127. The maximum Gasteiger partial charge on any atom is 0.338 e. The van der Waals surface area contributed by atoms with Crippen LogP contribution >= 0.6 is 22.6 Å². The van der Waals surface area contributed by atoms with Gasteiger partial charge in [0.05, 0.1) is 53.4 Å². The predicted molar refractivity (Wildman–Crippen MR) is 184 cm³/mol. The zero-order chi connectivity index (χ0) is 34.6. The first-order chi connectivity index (χ1) is 23.2. The van der Waals surface area contributed by atoms with Gasteiger partial charge in [-0.05, 0) is 84.8 Å². The molecule has 0 aliphatic carbocycles. The molecule has 0 fully saturated rings. The van der Waals surface area contributed by atoms with Crippen molar-refractivity contribution in [1.82, 2.24) is 16.1 Å². The molecule has 0 aromatic heterocycles. The normalized spacial score (nSPS) is 14.0. The molecule has 3 aromatic carbocycles. The van der Waals surface area contributed by atoms with Crippen molar-refractivity contribution in [3.63, 3.8) is 0 Å². The van der Waals surface area contributed by atoms with Crippen LogP contribution in [0.25, 0.3) is 0 Å². The molecule has 13 nitrogen and oxygen atoms in total. The van der Waals surface area contributed by atoms with Crippen molar-refractivity contribution >= 4 is 46.7 Å². The number of methoxy groups -OCH3 is 1. The third-order valence-corrected chi connectivity index (χ3v) is 7.69. The summed E-state index contributed by atoms with van der Waals surface area (Å²) in [6.07, 6.45) is 1.47. The number of amides is 3. The van der Waals surface area contributed by atoms with Crippen LogP contribution in [0.3, 0.4) is 0 Å². The zero-order valence-corrected chi connectivity index (χ0v) is 28.9. The minimum Gasteiger partial charge on any atom is -0.493 e. The lowest BCUT2D eigenvalue weighted by molar-refractivity contribution is -0.139. The van der Waals surface area contributed by atoms with E-state index in [4.69, 9.17) is 23.7 Å². The Labute approximate surface area is 291 Å². The van der Waals surface area contributed by atoms with Crippen molar-refractivity contribution < 1.29 is 38.1 Å². The van der Waals surface area contributed by atoms with Crippen LogP contribution in [0.4, 0.5) is 4.79 Å². The van der Waals surface area contributed by atoms with Gasteiger partial charge in [-0.15, -0.1) is 0 Å². The second-order valence-corrected chi connectivity index (χ2v) is 11.3. The van der Waals surface area contributed by atoms with Crippen LogP contribution in [-0.2, 0) is 20.9 Å². The van der Waals surface area contributed by atoms with E-state index in [1.165, 1.54) is 13.3 Å². The summed E-state index contributed by atoms with van der Waals surface area (Å²) < 4.78 is 28.9. The van der Waals surface area contributed by atoms with Crippen LogP contribution in [0, 0.1) is 14.9 Å². The van der Waals surface area contributed by atoms with Crippen LogP contribution in [0.1, 0.15) is 49.1 Å². The highest BCUT2D eigenvalue weighted by Gasteiger charge is 2.32. The third kappa shape index (κ3) is 8.94. The van der Waals surface area contributed by atoms with Crippen molar-refractivity contribution in [2.75, 3.05) is 26.9 Å². The van der Waals surface area contributed by atoms with E-state index in [1.807, 2.05) is 25.1 Å². The number of urea groups is 1. The van der Waals surface area contributed by atoms with E-state index >= 15 is 0 Å². The Morgan fingerprint density at radius 3 is 2.56 bits per heavy atom. The lowest BCUT2D eigenvalue weighted by atomic mass is 9.95. The Bertz CT molecular complexity index is 1790. The van der Waals surface area contributed by atoms with E-state index in [2.05, 4.69) is 49.8 Å². The summed E-state index contributed by atoms with van der Waals surface area (Å²) in [5, 5.41) is 18.7. The Morgan fingerprint density at radius 1 is 1.04 bits per heavy atom. The molecule has 0 saturated heterocycles. The number of nitriles is 1. The van der Waals surface area contributed by atoms with Gasteiger partial charge >= 0.3 is 12.0 Å². The monoisotopic (exact) mass is 767 g/mol. The van der Waals surface area contributed by atoms with Crippen LogP contribution in [0.5, 0.6) is 23.0 Å². The average Bonchev–Trinajstić information content (AvgIpc) is 3.07. The Hall–Kier alpha value is -5.30. The fourth-order valence-corrected chi connectivity index (χ4v) is 5.51. The molecule has 4 rings (SSSR count). The number of hydrogen-bond donors (Lipinski definition) is 3. The first-order valence-electron chi connectivity index (χ1n) is 14.8. The Kier molecular flexibility index (Phi) is 12.6. The van der Waals surface area contributed by atoms with E-state index in [0.29, 0.717) is 40.5 Å². The van der Waals surface area contributed by atoms with Gasteiger partial charge in [-0.1, -0.05) is 24.3 Å². The molecule has 0 spiro atoms. The second-order valence-electron chi connectivity index (χ2n) is 10.1. The maximum atomic E-state index is 12.6. The molecular formula is C34H34IN5O8. The largest absolute Gasteiger partial charge is 0.493 e. The molecule has 1 aliphatic heterocycles. The van der Waals surface area contributed by atoms with Gasteiger partial charge in [0.15, 0.2) is 29.6 Å². The topological polar surface area (TPSA) is 170 Å². The van der Waals surface area contributed by atoms with Gasteiger partial charge in [-0.25, -0.2) is 15.0 Å². The fraction of sp³-hybridized carbons (Fsp3) is 0.265. The van der Waals surface area contributed by atoms with Gasteiger partial charge in [-0.3, -0.25) is 4.79 Å². The van der Waals surface area contributed by atoms with E-state index in [9.17, 15) is 19.6 Å². The lowest BCUT2D eigenvalue weighted by Gasteiger charge is -2.28. The zero-order valence-electron chi connectivity index (χ0n) is 26.7. The first kappa shape index (κ1) is 35.6. The van der Waals surface area contributed by atoms with Crippen LogP contribution in [-0.4, -0.2) is 51.1 Å². The van der Waals surface area contributed by atoms with Crippen molar-refractivity contribution in [2.45, 2.75) is 33.4 Å². The van der Waals surface area contributed by atoms with Gasteiger partial charge in [-0.2, -0.15) is 10.4 Å². The summed E-state index contributed by atoms with van der Waals surface area (Å²) in [7, 11) is 1.43. The number of hydrogen-bond acceptors (Lipinski definition) is 10. The number of carbonyl (C=O) groups excluding carboxylic acids is 3. The molecule has 1 atom stereocenters. The summed E-state index contributed by atoms with van der Waals surface area (Å²) in [6, 6.07) is 16.5. The minimum atomic E-state index is -0.786. The number of nitrogens with one attached hydrogen (secondary N) is 3. The number of allylic oxidation sites excluding steroid dienone is 1. The number of nitrogens with zero attached hydrogens (tertiary/aromatic N) is 2. The number of esters is 1. The Balaban J connectivity index is 1.40. The molecule has 3 N–H and O–H groups in total. The molecule has 250 valence electrons. The van der Waals surface area contributed by atoms with Crippen molar-refractivity contribution in [2.24, 2.45) is 5.10 Å².